The van der Waals surface area contributed by atoms with Gasteiger partial charge in [0.15, 0.2) is 0 Å². The van der Waals surface area contributed by atoms with Crippen molar-refractivity contribution in [3.63, 3.8) is 0 Å². The lowest BCUT2D eigenvalue weighted by molar-refractivity contribution is 0.0770. The zero-order valence-corrected chi connectivity index (χ0v) is 9.45. The summed E-state index contributed by atoms with van der Waals surface area (Å²) >= 11 is 0. The Bertz CT molecular complexity index is 161. The van der Waals surface area contributed by atoms with Crippen molar-refractivity contribution in [2.24, 2.45) is 11.7 Å². The molecule has 2 unspecified atom stereocenters. The summed E-state index contributed by atoms with van der Waals surface area (Å²) in [6, 6.07) is 0.586. The third-order valence-electron chi connectivity index (χ3n) is 3.29. The van der Waals surface area contributed by atoms with Crippen LogP contribution in [0.15, 0.2) is 0 Å². The molecule has 0 heterocycles. The number of nitrogens with zero attached hydrogens (tertiary/aromatic N) is 1. The van der Waals surface area contributed by atoms with E-state index in [0.717, 1.165) is 13.1 Å². The Kier molecular flexibility index (Phi) is 4.85. The third-order valence-corrected chi connectivity index (χ3v) is 3.29. The van der Waals surface area contributed by atoms with Gasteiger partial charge in [0.2, 0.25) is 0 Å². The molecule has 1 saturated carbocycles. The molecule has 84 valence electrons. The van der Waals surface area contributed by atoms with Gasteiger partial charge < -0.3 is 15.7 Å². The van der Waals surface area contributed by atoms with Crippen LogP contribution in [0.4, 0.5) is 0 Å². The van der Waals surface area contributed by atoms with Crippen molar-refractivity contribution in [1.82, 2.24) is 4.90 Å². The molecule has 0 aromatic rings. The summed E-state index contributed by atoms with van der Waals surface area (Å²) in [6.45, 7) is 3.40. The molecule has 1 fully saturated rings. The second kappa shape index (κ2) is 5.69. The summed E-state index contributed by atoms with van der Waals surface area (Å²) in [5.74, 6) is 0.632. The Morgan fingerprint density at radius 3 is 2.64 bits per heavy atom. The van der Waals surface area contributed by atoms with Gasteiger partial charge in [-0.2, -0.15) is 0 Å². The molecule has 0 aliphatic heterocycles. The number of nitrogens with two attached hydrogens (primary N) is 1. The molecule has 0 aromatic heterocycles. The van der Waals surface area contributed by atoms with E-state index in [0.29, 0.717) is 12.0 Å². The summed E-state index contributed by atoms with van der Waals surface area (Å²) in [6.07, 6.45) is 4.89. The number of rotatable bonds is 4. The van der Waals surface area contributed by atoms with E-state index in [4.69, 9.17) is 5.73 Å². The molecule has 0 bridgehead atoms. The van der Waals surface area contributed by atoms with Crippen molar-refractivity contribution in [2.45, 2.75) is 44.8 Å². The first-order chi connectivity index (χ1) is 6.65. The van der Waals surface area contributed by atoms with E-state index in [1.807, 2.05) is 6.92 Å². The lowest BCUT2D eigenvalue weighted by Crippen LogP contribution is -2.45. The average Bonchev–Trinajstić information content (AvgIpc) is 2.16. The summed E-state index contributed by atoms with van der Waals surface area (Å²) in [5, 5.41) is 9.34. The molecule has 0 radical (unpaired) electrons. The maximum absolute atomic E-state index is 9.34. The Morgan fingerprint density at radius 2 is 2.07 bits per heavy atom. The van der Waals surface area contributed by atoms with E-state index >= 15 is 0 Å². The molecule has 3 atom stereocenters. The quantitative estimate of drug-likeness (QED) is 0.706. The van der Waals surface area contributed by atoms with Crippen molar-refractivity contribution in [2.75, 3.05) is 20.1 Å². The van der Waals surface area contributed by atoms with Gasteiger partial charge in [0.25, 0.3) is 0 Å². The minimum Gasteiger partial charge on any atom is -0.392 e. The highest BCUT2D eigenvalue weighted by Gasteiger charge is 2.27. The van der Waals surface area contributed by atoms with Crippen molar-refractivity contribution >= 4 is 0 Å². The molecule has 1 aliphatic rings. The van der Waals surface area contributed by atoms with Crippen molar-refractivity contribution in [3.8, 4) is 0 Å². The highest BCUT2D eigenvalue weighted by atomic mass is 16.3. The second-order valence-electron chi connectivity index (χ2n) is 4.64. The van der Waals surface area contributed by atoms with Crippen molar-refractivity contribution < 1.29 is 5.11 Å². The SMILES string of the molecule is C[C@@H](O)CN(C)C1CCCCC1CN. The Balaban J connectivity index is 2.45. The standard InChI is InChI=1S/C11H24N2O/c1-9(14)8-13(2)11-6-4-3-5-10(11)7-12/h9-11,14H,3-8,12H2,1-2H3/t9-,10?,11?/m1/s1. The van der Waals surface area contributed by atoms with Gasteiger partial charge in [0.05, 0.1) is 6.10 Å². The van der Waals surface area contributed by atoms with Crippen molar-refractivity contribution in [1.29, 1.82) is 0 Å². The molecule has 0 aromatic carbocycles. The van der Waals surface area contributed by atoms with E-state index < -0.39 is 0 Å². The minimum atomic E-state index is -0.236. The van der Waals surface area contributed by atoms with Crippen LogP contribution in [0.2, 0.25) is 0 Å². The average molecular weight is 200 g/mol. The molecule has 3 heteroatoms. The number of aliphatic hydroxyl groups excluding tert-OH is 1. The molecule has 0 saturated heterocycles. The molecule has 3 N–H and O–H groups in total. The lowest BCUT2D eigenvalue weighted by atomic mass is 9.83. The lowest BCUT2D eigenvalue weighted by Gasteiger charge is -2.38. The third kappa shape index (κ3) is 3.23. The van der Waals surface area contributed by atoms with Crippen LogP contribution in [0.25, 0.3) is 0 Å². The monoisotopic (exact) mass is 200 g/mol. The number of likely N-dealkylation sites (N-methyl/N-ethyl adjacent to an activating group) is 1. The highest BCUT2D eigenvalue weighted by molar-refractivity contribution is 4.83. The molecular weight excluding hydrogens is 176 g/mol. The second-order valence-corrected chi connectivity index (χ2v) is 4.64. The fraction of sp³-hybridized carbons (Fsp3) is 1.00. The normalized spacial score (nSPS) is 30.6. The zero-order valence-electron chi connectivity index (χ0n) is 9.45. The van der Waals surface area contributed by atoms with Crippen LogP contribution in [0.3, 0.4) is 0 Å². The number of hydrogen-bond donors (Lipinski definition) is 2. The summed E-state index contributed by atoms with van der Waals surface area (Å²) in [5.41, 5.74) is 5.77. The Labute approximate surface area is 87.3 Å². The predicted molar refractivity (Wildman–Crippen MR) is 59.1 cm³/mol. The first kappa shape index (κ1) is 12.0. The van der Waals surface area contributed by atoms with Gasteiger partial charge in [0.1, 0.15) is 0 Å². The van der Waals surface area contributed by atoms with Crippen LogP contribution in [-0.4, -0.2) is 42.3 Å². The largest absolute Gasteiger partial charge is 0.392 e. The first-order valence-electron chi connectivity index (χ1n) is 5.73. The van der Waals surface area contributed by atoms with Gasteiger partial charge in [-0.3, -0.25) is 0 Å². The molecule has 3 nitrogen and oxygen atoms in total. The first-order valence-corrected chi connectivity index (χ1v) is 5.73. The van der Waals surface area contributed by atoms with Gasteiger partial charge in [-0.15, -0.1) is 0 Å². The van der Waals surface area contributed by atoms with Crippen LogP contribution in [0, 0.1) is 5.92 Å². The topological polar surface area (TPSA) is 49.5 Å². The maximum Gasteiger partial charge on any atom is 0.0639 e. The van der Waals surface area contributed by atoms with Crippen LogP contribution >= 0.6 is 0 Å². The summed E-state index contributed by atoms with van der Waals surface area (Å²) < 4.78 is 0. The minimum absolute atomic E-state index is 0.236. The van der Waals surface area contributed by atoms with Gasteiger partial charge in [-0.05, 0) is 39.3 Å². The summed E-state index contributed by atoms with van der Waals surface area (Å²) in [4.78, 5) is 2.28. The van der Waals surface area contributed by atoms with Crippen LogP contribution < -0.4 is 5.73 Å². The van der Waals surface area contributed by atoms with E-state index in [-0.39, 0.29) is 6.10 Å². The number of hydrogen-bond acceptors (Lipinski definition) is 3. The summed E-state index contributed by atoms with van der Waals surface area (Å²) in [7, 11) is 2.10. The van der Waals surface area contributed by atoms with E-state index in [1.165, 1.54) is 25.7 Å². The van der Waals surface area contributed by atoms with E-state index in [1.54, 1.807) is 0 Å². The van der Waals surface area contributed by atoms with E-state index in [2.05, 4.69) is 11.9 Å². The fourth-order valence-corrected chi connectivity index (χ4v) is 2.60. The predicted octanol–water partition coefficient (Wildman–Crippen LogP) is 0.816. The highest BCUT2D eigenvalue weighted by Crippen LogP contribution is 2.27. The zero-order chi connectivity index (χ0) is 10.6. The molecule has 0 spiro atoms. The fourth-order valence-electron chi connectivity index (χ4n) is 2.60. The molecule has 0 amide bonds. The molecule has 1 rings (SSSR count). The van der Waals surface area contributed by atoms with Crippen LogP contribution in [0.5, 0.6) is 0 Å². The molecule has 1 aliphatic carbocycles. The Morgan fingerprint density at radius 1 is 1.43 bits per heavy atom. The van der Waals surface area contributed by atoms with E-state index in [9.17, 15) is 5.11 Å². The van der Waals surface area contributed by atoms with Gasteiger partial charge in [0, 0.05) is 12.6 Å². The maximum atomic E-state index is 9.34. The van der Waals surface area contributed by atoms with Crippen LogP contribution in [-0.2, 0) is 0 Å². The van der Waals surface area contributed by atoms with Crippen molar-refractivity contribution in [3.05, 3.63) is 0 Å². The number of aliphatic hydroxyl groups is 1. The van der Waals surface area contributed by atoms with Gasteiger partial charge in [-0.1, -0.05) is 12.8 Å². The smallest absolute Gasteiger partial charge is 0.0639 e. The molecular formula is C11H24N2O. The molecule has 14 heavy (non-hydrogen) atoms. The van der Waals surface area contributed by atoms with Gasteiger partial charge in [-0.25, -0.2) is 0 Å². The van der Waals surface area contributed by atoms with Gasteiger partial charge >= 0.3 is 0 Å². The van der Waals surface area contributed by atoms with Crippen LogP contribution in [0.1, 0.15) is 32.6 Å². The Hall–Kier alpha value is -0.120.